The van der Waals surface area contributed by atoms with E-state index in [1.165, 1.54) is 40.5 Å². The first kappa shape index (κ1) is 20.9. The molecule has 8 heteroatoms. The Hall–Kier alpha value is -2.84. The summed E-state index contributed by atoms with van der Waals surface area (Å²) in [4.78, 5) is 31.5. The largest absolute Gasteiger partial charge is 0.334 e. The number of nitro groups is 1. The lowest BCUT2D eigenvalue weighted by atomic mass is 10.2. The number of rotatable bonds is 8. The zero-order valence-electron chi connectivity index (χ0n) is 16.8. The molecule has 0 spiro atoms. The van der Waals surface area contributed by atoms with Gasteiger partial charge in [-0.25, -0.2) is 4.98 Å². The highest BCUT2D eigenvalue weighted by Gasteiger charge is 2.23. The van der Waals surface area contributed by atoms with Crippen molar-refractivity contribution in [3.05, 3.63) is 63.7 Å². The van der Waals surface area contributed by atoms with Gasteiger partial charge in [-0.1, -0.05) is 17.4 Å². The Kier molecular flexibility index (Phi) is 6.56. The maximum Gasteiger partial charge on any atom is 0.269 e. The summed E-state index contributed by atoms with van der Waals surface area (Å²) in [5.74, 6) is -0.192. The van der Waals surface area contributed by atoms with Crippen LogP contribution in [0.4, 0.5) is 10.8 Å². The van der Waals surface area contributed by atoms with Crippen molar-refractivity contribution >= 4 is 38.3 Å². The lowest BCUT2D eigenvalue weighted by Crippen LogP contribution is -3.12. The number of amides is 1. The van der Waals surface area contributed by atoms with Crippen molar-refractivity contribution in [2.24, 2.45) is 0 Å². The van der Waals surface area contributed by atoms with Gasteiger partial charge >= 0.3 is 0 Å². The van der Waals surface area contributed by atoms with Crippen molar-refractivity contribution in [3.8, 4) is 0 Å². The molecule has 0 saturated carbocycles. The Balaban J connectivity index is 1.94. The van der Waals surface area contributed by atoms with Crippen LogP contribution in [0.2, 0.25) is 0 Å². The number of carbonyl (C=O) groups excluding carboxylic acids is 1. The topological polar surface area (TPSA) is 80.8 Å². The number of nitrogens with one attached hydrogen (secondary N) is 1. The molecule has 0 unspecified atom stereocenters. The Morgan fingerprint density at radius 3 is 2.48 bits per heavy atom. The maximum atomic E-state index is 13.3. The molecule has 3 aromatic rings. The lowest BCUT2D eigenvalue weighted by molar-refractivity contribution is -0.894. The van der Waals surface area contributed by atoms with Crippen LogP contribution in [0, 0.1) is 17.0 Å². The molecule has 0 aliphatic rings. The van der Waals surface area contributed by atoms with Crippen LogP contribution in [-0.4, -0.2) is 42.0 Å². The quantitative estimate of drug-likeness (QED) is 0.455. The Labute approximate surface area is 173 Å². The molecule has 0 saturated heterocycles. The Morgan fingerprint density at radius 1 is 1.17 bits per heavy atom. The highest BCUT2D eigenvalue weighted by atomic mass is 32.1. The first-order valence-electron chi connectivity index (χ1n) is 9.70. The second kappa shape index (κ2) is 9.11. The summed E-state index contributed by atoms with van der Waals surface area (Å²) in [6.45, 7) is 9.59. The van der Waals surface area contributed by atoms with Gasteiger partial charge in [0.1, 0.15) is 0 Å². The summed E-state index contributed by atoms with van der Waals surface area (Å²) >= 11 is 1.49. The monoisotopic (exact) mass is 413 g/mol. The van der Waals surface area contributed by atoms with Gasteiger partial charge in [0.15, 0.2) is 5.13 Å². The normalized spacial score (nSPS) is 11.2. The standard InChI is InChI=1S/C21H24N4O3S/c1-4-23(5-2)12-13-24(20(26)16-7-9-17(10-8-16)25(27)28)21-22-18-11-6-15(3)14-19(18)29-21/h6-11,14H,4-5,12-13H2,1-3H3/p+1. The van der Waals surface area contributed by atoms with E-state index in [1.54, 1.807) is 4.90 Å². The number of aromatic nitrogens is 1. The number of quaternary nitrogens is 1. The number of hydrogen-bond acceptors (Lipinski definition) is 5. The molecule has 3 rings (SSSR count). The number of benzene rings is 2. The van der Waals surface area contributed by atoms with Gasteiger partial charge in [-0.3, -0.25) is 19.8 Å². The van der Waals surface area contributed by atoms with E-state index in [9.17, 15) is 14.9 Å². The van der Waals surface area contributed by atoms with Crippen LogP contribution in [0.25, 0.3) is 10.2 Å². The molecule has 0 aliphatic heterocycles. The zero-order valence-corrected chi connectivity index (χ0v) is 17.7. The molecule has 0 aliphatic carbocycles. The first-order valence-corrected chi connectivity index (χ1v) is 10.5. The summed E-state index contributed by atoms with van der Waals surface area (Å²) in [6, 6.07) is 11.8. The van der Waals surface area contributed by atoms with Gasteiger partial charge in [0, 0.05) is 17.7 Å². The fourth-order valence-corrected chi connectivity index (χ4v) is 4.26. The molecular weight excluding hydrogens is 388 g/mol. The molecule has 0 bridgehead atoms. The highest BCUT2D eigenvalue weighted by Crippen LogP contribution is 2.30. The molecule has 1 amide bonds. The number of nitrogens with zero attached hydrogens (tertiary/aromatic N) is 3. The molecule has 152 valence electrons. The highest BCUT2D eigenvalue weighted by molar-refractivity contribution is 7.22. The smallest absolute Gasteiger partial charge is 0.269 e. The average molecular weight is 414 g/mol. The molecule has 1 N–H and O–H groups in total. The first-order chi connectivity index (χ1) is 13.9. The van der Waals surface area contributed by atoms with Crippen LogP contribution < -0.4 is 9.80 Å². The van der Waals surface area contributed by atoms with Crippen molar-refractivity contribution in [3.63, 3.8) is 0 Å². The van der Waals surface area contributed by atoms with Gasteiger partial charge in [0.05, 0.1) is 41.3 Å². The van der Waals surface area contributed by atoms with Crippen LogP contribution in [0.15, 0.2) is 42.5 Å². The summed E-state index contributed by atoms with van der Waals surface area (Å²) in [5.41, 5.74) is 2.40. The summed E-state index contributed by atoms with van der Waals surface area (Å²) in [6.07, 6.45) is 0. The molecule has 0 radical (unpaired) electrons. The van der Waals surface area contributed by atoms with E-state index in [2.05, 4.69) is 24.9 Å². The van der Waals surface area contributed by atoms with E-state index in [1.807, 2.05) is 19.1 Å². The van der Waals surface area contributed by atoms with E-state index in [0.717, 1.165) is 35.4 Å². The van der Waals surface area contributed by atoms with Gasteiger partial charge in [0.2, 0.25) is 0 Å². The SMILES string of the molecule is CC[NH+](CC)CCN(C(=O)c1ccc([N+](=O)[O-])cc1)c1nc2ccc(C)cc2s1. The van der Waals surface area contributed by atoms with Crippen molar-refractivity contribution in [1.82, 2.24) is 4.98 Å². The molecule has 29 heavy (non-hydrogen) atoms. The number of aryl methyl sites for hydroxylation is 1. The second-order valence-corrected chi connectivity index (χ2v) is 7.94. The molecule has 1 heterocycles. The molecule has 0 atom stereocenters. The number of anilines is 1. The second-order valence-electron chi connectivity index (χ2n) is 6.94. The zero-order chi connectivity index (χ0) is 21.0. The number of nitro benzene ring substituents is 1. The lowest BCUT2D eigenvalue weighted by Gasteiger charge is -2.23. The number of hydrogen-bond donors (Lipinski definition) is 1. The minimum Gasteiger partial charge on any atom is -0.334 e. The summed E-state index contributed by atoms with van der Waals surface area (Å²) < 4.78 is 1.04. The molecule has 2 aromatic carbocycles. The maximum absolute atomic E-state index is 13.3. The number of thiazole rings is 1. The average Bonchev–Trinajstić information content (AvgIpc) is 3.13. The van der Waals surface area contributed by atoms with Crippen molar-refractivity contribution in [2.45, 2.75) is 20.8 Å². The predicted molar refractivity (Wildman–Crippen MR) is 116 cm³/mol. The third-order valence-corrected chi connectivity index (χ3v) is 6.06. The van der Waals surface area contributed by atoms with E-state index < -0.39 is 4.92 Å². The third kappa shape index (κ3) is 4.78. The van der Waals surface area contributed by atoms with Crippen molar-refractivity contribution in [1.29, 1.82) is 0 Å². The van der Waals surface area contributed by atoms with Gasteiger partial charge in [-0.15, -0.1) is 0 Å². The van der Waals surface area contributed by atoms with Crippen LogP contribution in [-0.2, 0) is 0 Å². The number of fused-ring (bicyclic) bond motifs is 1. The predicted octanol–water partition coefficient (Wildman–Crippen LogP) is 3.08. The summed E-state index contributed by atoms with van der Waals surface area (Å²) in [5, 5.41) is 11.6. The number of carbonyl (C=O) groups is 1. The van der Waals surface area contributed by atoms with E-state index in [-0.39, 0.29) is 11.6 Å². The van der Waals surface area contributed by atoms with E-state index in [0.29, 0.717) is 17.2 Å². The van der Waals surface area contributed by atoms with Gasteiger partial charge in [-0.05, 0) is 50.6 Å². The fraction of sp³-hybridized carbons (Fsp3) is 0.333. The van der Waals surface area contributed by atoms with Gasteiger partial charge in [-0.2, -0.15) is 0 Å². The van der Waals surface area contributed by atoms with Crippen molar-refractivity contribution in [2.75, 3.05) is 31.1 Å². The number of likely N-dealkylation sites (N-methyl/N-ethyl adjacent to an activating group) is 1. The van der Waals surface area contributed by atoms with Gasteiger partial charge in [0.25, 0.3) is 11.6 Å². The summed E-state index contributed by atoms with van der Waals surface area (Å²) in [7, 11) is 0. The third-order valence-electron chi connectivity index (χ3n) is 5.02. The minimum absolute atomic E-state index is 0.0313. The fourth-order valence-electron chi connectivity index (χ4n) is 3.17. The minimum atomic E-state index is -0.467. The van der Waals surface area contributed by atoms with E-state index in [4.69, 9.17) is 0 Å². The van der Waals surface area contributed by atoms with Gasteiger partial charge < -0.3 is 4.90 Å². The van der Waals surface area contributed by atoms with E-state index >= 15 is 0 Å². The number of non-ortho nitro benzene ring substituents is 1. The van der Waals surface area contributed by atoms with Crippen LogP contribution in [0.1, 0.15) is 29.8 Å². The molecule has 1 aromatic heterocycles. The van der Waals surface area contributed by atoms with Crippen LogP contribution in [0.3, 0.4) is 0 Å². The Bertz CT molecular complexity index is 1010. The Morgan fingerprint density at radius 2 is 1.86 bits per heavy atom. The molecule has 7 nitrogen and oxygen atoms in total. The van der Waals surface area contributed by atoms with Crippen LogP contribution in [0.5, 0.6) is 0 Å². The molecule has 0 fully saturated rings. The van der Waals surface area contributed by atoms with Crippen LogP contribution >= 0.6 is 11.3 Å². The molecular formula is C21H25N4O3S+. The van der Waals surface area contributed by atoms with Crippen molar-refractivity contribution < 1.29 is 14.6 Å².